The topological polar surface area (TPSA) is 75.6 Å². The van der Waals surface area contributed by atoms with Gasteiger partial charge in [0.15, 0.2) is 5.58 Å². The van der Waals surface area contributed by atoms with Gasteiger partial charge in [-0.3, -0.25) is 4.79 Å². The first-order chi connectivity index (χ1) is 13.1. The molecule has 2 saturated heterocycles. The molecule has 3 fully saturated rings. The van der Waals surface area contributed by atoms with Crippen molar-refractivity contribution in [1.82, 2.24) is 9.88 Å². The van der Waals surface area contributed by atoms with Crippen LogP contribution in [0.25, 0.3) is 11.1 Å². The number of aromatic nitrogens is 1. The summed E-state index contributed by atoms with van der Waals surface area (Å²) in [6, 6.07) is 6.32. The Hall–Kier alpha value is -1.21. The van der Waals surface area contributed by atoms with Crippen LogP contribution in [-0.4, -0.2) is 48.0 Å². The summed E-state index contributed by atoms with van der Waals surface area (Å²) in [6.07, 6.45) is 4.23. The summed E-state index contributed by atoms with van der Waals surface area (Å²) in [7, 11) is 0. The summed E-state index contributed by atoms with van der Waals surface area (Å²) in [4.78, 5) is 21.9. The van der Waals surface area contributed by atoms with E-state index < -0.39 is 0 Å². The first-order valence-electron chi connectivity index (χ1n) is 9.94. The van der Waals surface area contributed by atoms with Crippen LogP contribution in [0.1, 0.15) is 25.7 Å². The van der Waals surface area contributed by atoms with Crippen molar-refractivity contribution in [2.24, 2.45) is 23.5 Å². The van der Waals surface area contributed by atoms with Gasteiger partial charge in [0.05, 0.1) is 5.92 Å². The molecule has 1 amide bonds. The smallest absolute Gasteiger partial charge is 0.298 e. The minimum atomic E-state index is 0. The maximum Gasteiger partial charge on any atom is 0.298 e. The molecule has 0 spiro atoms. The highest BCUT2D eigenvalue weighted by molar-refractivity contribution is 6.31. The molecule has 1 aromatic carbocycles. The van der Waals surface area contributed by atoms with Gasteiger partial charge in [-0.2, -0.15) is 4.98 Å². The average Bonchev–Trinajstić information content (AvgIpc) is 3.16. The van der Waals surface area contributed by atoms with E-state index in [1.807, 2.05) is 12.1 Å². The van der Waals surface area contributed by atoms with Crippen molar-refractivity contribution in [2.45, 2.75) is 31.7 Å². The maximum absolute atomic E-state index is 13.2. The zero-order chi connectivity index (χ0) is 18.5. The van der Waals surface area contributed by atoms with Crippen LogP contribution in [0.4, 0.5) is 6.01 Å². The number of hydrogen-bond donors (Lipinski definition) is 1. The largest absolute Gasteiger partial charge is 0.423 e. The van der Waals surface area contributed by atoms with Crippen LogP contribution in [0.3, 0.4) is 0 Å². The van der Waals surface area contributed by atoms with Gasteiger partial charge in [0.25, 0.3) is 6.01 Å². The molecule has 160 valence electrons. The number of halogens is 3. The number of benzene rings is 1. The van der Waals surface area contributed by atoms with Gasteiger partial charge in [-0.05, 0) is 55.7 Å². The van der Waals surface area contributed by atoms with Crippen LogP contribution in [0.15, 0.2) is 22.6 Å². The molecule has 9 heteroatoms. The lowest BCUT2D eigenvalue weighted by Gasteiger charge is -2.39. The standard InChI is InChI=1S/C20H25ClN4O2.2ClH/c21-15-5-6-17-16(8-15)23-20(27-17)24-7-1-2-14(11-24)19(26)25-9-12-3-4-13(10-25)18(12)22;;/h5-6,8,12-14,18H,1-4,7,9-11,22H2;2*1H/t12-,13+,14?,18?;;. The first-order valence-corrected chi connectivity index (χ1v) is 10.3. The van der Waals surface area contributed by atoms with E-state index in [-0.39, 0.29) is 42.7 Å². The van der Waals surface area contributed by atoms with Crippen molar-refractivity contribution < 1.29 is 9.21 Å². The van der Waals surface area contributed by atoms with Crippen molar-refractivity contribution in [3.63, 3.8) is 0 Å². The average molecular weight is 462 g/mol. The molecule has 4 atom stereocenters. The van der Waals surface area contributed by atoms with Gasteiger partial charge < -0.3 is 20.0 Å². The van der Waals surface area contributed by atoms with Gasteiger partial charge in [0, 0.05) is 37.2 Å². The highest BCUT2D eigenvalue weighted by Crippen LogP contribution is 2.37. The third-order valence-corrected chi connectivity index (χ3v) is 6.83. The van der Waals surface area contributed by atoms with Gasteiger partial charge in [0.1, 0.15) is 5.52 Å². The number of anilines is 1. The minimum absolute atomic E-state index is 0. The lowest BCUT2D eigenvalue weighted by Crippen LogP contribution is -2.53. The van der Waals surface area contributed by atoms with E-state index in [2.05, 4.69) is 14.8 Å². The minimum Gasteiger partial charge on any atom is -0.423 e. The lowest BCUT2D eigenvalue weighted by molar-refractivity contribution is -0.138. The summed E-state index contributed by atoms with van der Waals surface area (Å²) >= 11 is 6.05. The van der Waals surface area contributed by atoms with Crippen LogP contribution in [-0.2, 0) is 4.79 Å². The number of oxazole rings is 1. The second kappa shape index (κ2) is 8.88. The summed E-state index contributed by atoms with van der Waals surface area (Å²) in [5, 5.41) is 0.645. The van der Waals surface area contributed by atoms with Gasteiger partial charge in [-0.15, -0.1) is 24.8 Å². The van der Waals surface area contributed by atoms with Crippen LogP contribution in [0, 0.1) is 17.8 Å². The van der Waals surface area contributed by atoms with Gasteiger partial charge in [0.2, 0.25) is 5.91 Å². The Labute approximate surface area is 187 Å². The molecule has 6 nitrogen and oxygen atoms in total. The zero-order valence-electron chi connectivity index (χ0n) is 16.1. The van der Waals surface area contributed by atoms with E-state index in [1.165, 1.54) is 0 Å². The molecule has 29 heavy (non-hydrogen) atoms. The van der Waals surface area contributed by atoms with E-state index in [1.54, 1.807) is 6.07 Å². The summed E-state index contributed by atoms with van der Waals surface area (Å²) in [6.45, 7) is 3.18. The Kier molecular flexibility index (Phi) is 6.88. The molecule has 2 unspecified atom stereocenters. The molecule has 2 N–H and O–H groups in total. The van der Waals surface area contributed by atoms with E-state index in [0.29, 0.717) is 29.4 Å². The molecule has 1 aromatic heterocycles. The van der Waals surface area contributed by atoms with Crippen molar-refractivity contribution in [3.8, 4) is 0 Å². The number of likely N-dealkylation sites (tertiary alicyclic amines) is 1. The molecule has 2 aliphatic heterocycles. The van der Waals surface area contributed by atoms with Gasteiger partial charge >= 0.3 is 0 Å². The SMILES string of the molecule is Cl.Cl.NC1[C@@H]2CC[C@H]1CN(C(=O)C1CCCN(c3nc4cc(Cl)ccc4o3)C1)C2. The molecule has 2 bridgehead atoms. The Morgan fingerprint density at radius 3 is 2.59 bits per heavy atom. The Balaban J connectivity index is 0.00000120. The third kappa shape index (κ3) is 4.18. The van der Waals surface area contributed by atoms with E-state index >= 15 is 0 Å². The highest BCUT2D eigenvalue weighted by Gasteiger charge is 2.43. The fourth-order valence-electron chi connectivity index (χ4n) is 5.08. The third-order valence-electron chi connectivity index (χ3n) is 6.60. The van der Waals surface area contributed by atoms with Crippen molar-refractivity contribution >= 4 is 59.4 Å². The zero-order valence-corrected chi connectivity index (χ0v) is 18.5. The number of fused-ring (bicyclic) bond motifs is 3. The molecule has 1 saturated carbocycles. The number of hydrogen-bond acceptors (Lipinski definition) is 5. The van der Waals surface area contributed by atoms with E-state index in [9.17, 15) is 4.79 Å². The molecule has 1 aliphatic carbocycles. The molecule has 3 heterocycles. The van der Waals surface area contributed by atoms with Crippen molar-refractivity contribution in [2.75, 3.05) is 31.1 Å². The summed E-state index contributed by atoms with van der Waals surface area (Å²) in [5.74, 6) is 1.25. The normalized spacial score (nSPS) is 28.8. The predicted octanol–water partition coefficient (Wildman–Crippen LogP) is 3.74. The monoisotopic (exact) mass is 460 g/mol. The van der Waals surface area contributed by atoms with Crippen LogP contribution >= 0.6 is 36.4 Å². The maximum atomic E-state index is 13.2. The molecule has 3 aliphatic rings. The summed E-state index contributed by atoms with van der Waals surface area (Å²) in [5.41, 5.74) is 7.78. The number of carbonyl (C=O) groups excluding carboxylic acids is 1. The lowest BCUT2D eigenvalue weighted by atomic mass is 9.90. The van der Waals surface area contributed by atoms with Crippen LogP contribution in [0.2, 0.25) is 5.02 Å². The second-order valence-corrected chi connectivity index (χ2v) is 8.75. The Morgan fingerprint density at radius 1 is 1.14 bits per heavy atom. The Bertz CT molecular complexity index is 863. The number of carbonyl (C=O) groups is 1. The fourth-order valence-corrected chi connectivity index (χ4v) is 5.25. The van der Waals surface area contributed by atoms with Crippen LogP contribution < -0.4 is 10.6 Å². The number of amides is 1. The van der Waals surface area contributed by atoms with Crippen molar-refractivity contribution in [3.05, 3.63) is 23.2 Å². The first kappa shape index (κ1) is 22.5. The number of nitrogens with two attached hydrogens (primary N) is 1. The highest BCUT2D eigenvalue weighted by atomic mass is 35.5. The molecular formula is C20H27Cl3N4O2. The van der Waals surface area contributed by atoms with E-state index in [0.717, 1.165) is 56.4 Å². The molecular weight excluding hydrogens is 435 g/mol. The molecule has 5 rings (SSSR count). The van der Waals surface area contributed by atoms with Gasteiger partial charge in [-0.1, -0.05) is 11.6 Å². The number of nitrogens with zero attached hydrogens (tertiary/aromatic N) is 3. The number of rotatable bonds is 2. The number of piperidine rings is 2. The van der Waals surface area contributed by atoms with Gasteiger partial charge in [-0.25, -0.2) is 0 Å². The quantitative estimate of drug-likeness (QED) is 0.737. The van der Waals surface area contributed by atoms with Crippen LogP contribution in [0.5, 0.6) is 0 Å². The van der Waals surface area contributed by atoms with E-state index in [4.69, 9.17) is 21.8 Å². The fraction of sp³-hybridized carbons (Fsp3) is 0.600. The summed E-state index contributed by atoms with van der Waals surface area (Å²) < 4.78 is 5.91. The molecule has 0 radical (unpaired) electrons. The predicted molar refractivity (Wildman–Crippen MR) is 119 cm³/mol. The molecule has 2 aromatic rings. The Morgan fingerprint density at radius 2 is 1.86 bits per heavy atom. The van der Waals surface area contributed by atoms with Crippen molar-refractivity contribution in [1.29, 1.82) is 0 Å². The second-order valence-electron chi connectivity index (χ2n) is 8.31.